The number of hydrogen-bond donors (Lipinski definition) is 2. The number of nitrogens with zero attached hydrogens (tertiary/aromatic N) is 1. The van der Waals surface area contributed by atoms with E-state index in [0.29, 0.717) is 31.4 Å². The molecule has 0 unspecified atom stereocenters. The van der Waals surface area contributed by atoms with Crippen molar-refractivity contribution in [1.82, 2.24) is 10.6 Å². The van der Waals surface area contributed by atoms with Crippen LogP contribution in [0.4, 0.5) is 10.1 Å². The van der Waals surface area contributed by atoms with Crippen molar-refractivity contribution in [1.29, 1.82) is 0 Å². The van der Waals surface area contributed by atoms with Crippen LogP contribution in [0.25, 0.3) is 0 Å². The van der Waals surface area contributed by atoms with E-state index in [2.05, 4.69) is 24.5 Å². The van der Waals surface area contributed by atoms with Crippen LogP contribution >= 0.6 is 0 Å². The molecule has 1 aliphatic rings. The van der Waals surface area contributed by atoms with Gasteiger partial charge in [0.25, 0.3) is 0 Å². The minimum absolute atomic E-state index is 0.0591. The Hall–Kier alpha value is -1.62. The van der Waals surface area contributed by atoms with E-state index in [1.54, 1.807) is 11.0 Å². The van der Waals surface area contributed by atoms with Crippen molar-refractivity contribution in [3.05, 3.63) is 29.6 Å². The van der Waals surface area contributed by atoms with Crippen LogP contribution in [0.2, 0.25) is 0 Å². The third-order valence-corrected chi connectivity index (χ3v) is 3.11. The third kappa shape index (κ3) is 3.67. The molecule has 5 heteroatoms. The highest BCUT2D eigenvalue weighted by Gasteiger charge is 2.19. The molecule has 104 valence electrons. The van der Waals surface area contributed by atoms with Crippen LogP contribution < -0.4 is 15.5 Å². The van der Waals surface area contributed by atoms with Gasteiger partial charge in [-0.2, -0.15) is 0 Å². The van der Waals surface area contributed by atoms with Crippen LogP contribution in [0.15, 0.2) is 18.2 Å². The average Bonchev–Trinajstić information content (AvgIpc) is 2.36. The summed E-state index contributed by atoms with van der Waals surface area (Å²) < 4.78 is 14.1. The summed E-state index contributed by atoms with van der Waals surface area (Å²) in [5, 5.41) is 5.98. The van der Waals surface area contributed by atoms with Gasteiger partial charge in [-0.3, -0.25) is 4.79 Å². The largest absolute Gasteiger partial charge is 0.358 e. The van der Waals surface area contributed by atoms with E-state index in [1.165, 1.54) is 6.07 Å². The summed E-state index contributed by atoms with van der Waals surface area (Å²) in [6, 6.07) is 5.57. The first kappa shape index (κ1) is 13.8. The minimum atomic E-state index is -0.266. The molecule has 2 N–H and O–H groups in total. The van der Waals surface area contributed by atoms with Gasteiger partial charge in [-0.1, -0.05) is 19.9 Å². The highest BCUT2D eigenvalue weighted by molar-refractivity contribution is 5.82. The number of amides is 1. The maximum Gasteiger partial charge on any atom is 0.239 e. The van der Waals surface area contributed by atoms with Gasteiger partial charge >= 0.3 is 0 Å². The molecule has 0 aliphatic carbocycles. The summed E-state index contributed by atoms with van der Waals surface area (Å²) in [6.45, 7) is 6.19. The molecule has 0 radical (unpaired) electrons. The van der Waals surface area contributed by atoms with E-state index in [-0.39, 0.29) is 18.3 Å². The second-order valence-corrected chi connectivity index (χ2v) is 5.09. The lowest BCUT2D eigenvalue weighted by Gasteiger charge is -2.29. The Bertz CT molecular complexity index is 462. The molecule has 4 nitrogen and oxygen atoms in total. The molecule has 1 aromatic rings. The predicted octanol–water partition coefficient (Wildman–Crippen LogP) is 1.26. The summed E-state index contributed by atoms with van der Waals surface area (Å²) in [6.07, 6.45) is 0. The quantitative estimate of drug-likeness (QED) is 0.861. The second-order valence-electron chi connectivity index (χ2n) is 5.09. The molecule has 0 bridgehead atoms. The molecule has 1 saturated heterocycles. The molecule has 0 aromatic heterocycles. The molecule has 1 fully saturated rings. The number of carbonyl (C=O) groups is 1. The van der Waals surface area contributed by atoms with Crippen molar-refractivity contribution in [3.8, 4) is 0 Å². The Morgan fingerprint density at radius 1 is 1.47 bits per heavy atom. The number of hydrogen-bond acceptors (Lipinski definition) is 3. The molecule has 1 aromatic carbocycles. The number of nitrogens with one attached hydrogen (secondary N) is 2. The Morgan fingerprint density at radius 2 is 2.26 bits per heavy atom. The summed E-state index contributed by atoms with van der Waals surface area (Å²) in [7, 11) is 0. The normalized spacial score (nSPS) is 15.8. The fourth-order valence-electron chi connectivity index (χ4n) is 2.08. The van der Waals surface area contributed by atoms with Gasteiger partial charge in [-0.15, -0.1) is 0 Å². The van der Waals surface area contributed by atoms with Gasteiger partial charge in [-0.25, -0.2) is 4.39 Å². The van der Waals surface area contributed by atoms with E-state index >= 15 is 0 Å². The van der Waals surface area contributed by atoms with Crippen molar-refractivity contribution in [2.24, 2.45) is 0 Å². The van der Waals surface area contributed by atoms with Crippen LogP contribution in [-0.4, -0.2) is 31.6 Å². The number of rotatable bonds is 4. The lowest BCUT2D eigenvalue weighted by atomic mass is 10.1. The molecular weight excluding hydrogens is 245 g/mol. The van der Waals surface area contributed by atoms with Gasteiger partial charge in [0.1, 0.15) is 5.82 Å². The fraction of sp³-hybridized carbons (Fsp3) is 0.500. The lowest BCUT2D eigenvalue weighted by Crippen LogP contribution is -2.48. The average molecular weight is 265 g/mol. The SMILES string of the molecule is CC(C)NCc1ccc(N2CCNC(=O)C2)c(F)c1. The Morgan fingerprint density at radius 3 is 2.89 bits per heavy atom. The van der Waals surface area contributed by atoms with Gasteiger partial charge in [-0.05, 0) is 17.7 Å². The van der Waals surface area contributed by atoms with E-state index < -0.39 is 0 Å². The number of piperazine rings is 1. The van der Waals surface area contributed by atoms with Crippen molar-refractivity contribution < 1.29 is 9.18 Å². The molecule has 1 aliphatic heterocycles. The van der Waals surface area contributed by atoms with Crippen molar-refractivity contribution in [2.75, 3.05) is 24.5 Å². The van der Waals surface area contributed by atoms with Crippen molar-refractivity contribution in [3.63, 3.8) is 0 Å². The van der Waals surface area contributed by atoms with Crippen LogP contribution in [0.3, 0.4) is 0 Å². The third-order valence-electron chi connectivity index (χ3n) is 3.11. The van der Waals surface area contributed by atoms with Gasteiger partial charge in [0.15, 0.2) is 0 Å². The predicted molar refractivity (Wildman–Crippen MR) is 73.6 cm³/mol. The topological polar surface area (TPSA) is 44.4 Å². The second kappa shape index (κ2) is 6.02. The zero-order valence-electron chi connectivity index (χ0n) is 11.4. The molecule has 2 rings (SSSR count). The first-order chi connectivity index (χ1) is 9.06. The van der Waals surface area contributed by atoms with Crippen LogP contribution in [0.1, 0.15) is 19.4 Å². The van der Waals surface area contributed by atoms with E-state index in [9.17, 15) is 9.18 Å². The maximum atomic E-state index is 14.1. The standard InChI is InChI=1S/C14H20FN3O/c1-10(2)17-8-11-3-4-13(12(15)7-11)18-6-5-16-14(19)9-18/h3-4,7,10,17H,5-6,8-9H2,1-2H3,(H,16,19). The Balaban J connectivity index is 2.08. The number of halogens is 1. The van der Waals surface area contributed by atoms with Crippen LogP contribution in [-0.2, 0) is 11.3 Å². The van der Waals surface area contributed by atoms with E-state index in [0.717, 1.165) is 5.56 Å². The number of benzene rings is 1. The van der Waals surface area contributed by atoms with Gasteiger partial charge in [0.05, 0.1) is 12.2 Å². The first-order valence-corrected chi connectivity index (χ1v) is 6.59. The van der Waals surface area contributed by atoms with Gasteiger partial charge in [0, 0.05) is 25.7 Å². The molecule has 0 saturated carbocycles. The number of carbonyl (C=O) groups excluding carboxylic acids is 1. The zero-order valence-corrected chi connectivity index (χ0v) is 11.4. The van der Waals surface area contributed by atoms with Gasteiger partial charge in [0.2, 0.25) is 5.91 Å². The molecule has 0 spiro atoms. The van der Waals surface area contributed by atoms with E-state index in [4.69, 9.17) is 0 Å². The highest BCUT2D eigenvalue weighted by Crippen LogP contribution is 2.21. The summed E-state index contributed by atoms with van der Waals surface area (Å²) in [5.41, 5.74) is 1.42. The highest BCUT2D eigenvalue weighted by atomic mass is 19.1. The van der Waals surface area contributed by atoms with Gasteiger partial charge < -0.3 is 15.5 Å². The van der Waals surface area contributed by atoms with Crippen LogP contribution in [0.5, 0.6) is 0 Å². The Labute approximate surface area is 113 Å². The maximum absolute atomic E-state index is 14.1. The molecule has 1 amide bonds. The molecular formula is C14H20FN3O. The van der Waals surface area contributed by atoms with Crippen LogP contribution in [0, 0.1) is 5.82 Å². The lowest BCUT2D eigenvalue weighted by molar-refractivity contribution is -0.120. The zero-order chi connectivity index (χ0) is 13.8. The fourth-order valence-corrected chi connectivity index (χ4v) is 2.08. The monoisotopic (exact) mass is 265 g/mol. The number of anilines is 1. The molecule has 1 heterocycles. The molecule has 0 atom stereocenters. The summed E-state index contributed by atoms with van der Waals surface area (Å²) >= 11 is 0. The smallest absolute Gasteiger partial charge is 0.239 e. The Kier molecular flexibility index (Phi) is 4.37. The van der Waals surface area contributed by atoms with E-state index in [1.807, 2.05) is 6.07 Å². The molecule has 19 heavy (non-hydrogen) atoms. The first-order valence-electron chi connectivity index (χ1n) is 6.59. The summed E-state index contributed by atoms with van der Waals surface area (Å²) in [5.74, 6) is -0.325. The minimum Gasteiger partial charge on any atom is -0.358 e. The summed E-state index contributed by atoms with van der Waals surface area (Å²) in [4.78, 5) is 13.1. The van der Waals surface area contributed by atoms with Crippen molar-refractivity contribution >= 4 is 11.6 Å². The van der Waals surface area contributed by atoms with Crippen molar-refractivity contribution in [2.45, 2.75) is 26.4 Å².